The second kappa shape index (κ2) is 12.7. The fourth-order valence-electron chi connectivity index (χ4n) is 8.65. The summed E-state index contributed by atoms with van der Waals surface area (Å²) in [5.74, 6) is 0.191. The molecular formula is C50H34N2S2. The Labute approximate surface area is 322 Å². The van der Waals surface area contributed by atoms with Crippen molar-refractivity contribution in [3.05, 3.63) is 205 Å². The monoisotopic (exact) mass is 726 g/mol. The number of allylic oxidation sites excluding steroid dienone is 1. The quantitative estimate of drug-likeness (QED) is 0.157. The van der Waals surface area contributed by atoms with Gasteiger partial charge in [-0.15, -0.1) is 22.7 Å². The molecule has 54 heavy (non-hydrogen) atoms. The van der Waals surface area contributed by atoms with Gasteiger partial charge in [-0.1, -0.05) is 127 Å². The van der Waals surface area contributed by atoms with Crippen molar-refractivity contribution < 1.29 is 0 Å². The van der Waals surface area contributed by atoms with Gasteiger partial charge in [-0.05, 0) is 104 Å². The average Bonchev–Trinajstić information content (AvgIpc) is 3.96. The summed E-state index contributed by atoms with van der Waals surface area (Å²) in [6.07, 6.45) is 7.32. The van der Waals surface area contributed by atoms with Crippen LogP contribution in [0.15, 0.2) is 199 Å². The van der Waals surface area contributed by atoms with Crippen LogP contribution in [0.1, 0.15) is 11.5 Å². The first kappa shape index (κ1) is 31.3. The van der Waals surface area contributed by atoms with Crippen molar-refractivity contribution in [2.45, 2.75) is 12.0 Å². The fourth-order valence-corrected chi connectivity index (χ4v) is 10.8. The highest BCUT2D eigenvalue weighted by Gasteiger charge is 2.41. The van der Waals surface area contributed by atoms with E-state index in [2.05, 4.69) is 203 Å². The molecule has 0 bridgehead atoms. The highest BCUT2D eigenvalue weighted by atomic mass is 32.1. The molecule has 2 aliphatic rings. The molecule has 7 aromatic carbocycles. The third kappa shape index (κ3) is 5.06. The molecule has 0 fully saturated rings. The van der Waals surface area contributed by atoms with Crippen LogP contribution in [-0.2, 0) is 0 Å². The van der Waals surface area contributed by atoms with Crippen molar-refractivity contribution in [2.24, 2.45) is 0 Å². The van der Waals surface area contributed by atoms with Crippen LogP contribution in [0.5, 0.6) is 0 Å². The molecule has 0 saturated heterocycles. The highest BCUT2D eigenvalue weighted by Crippen LogP contribution is 2.55. The molecule has 2 aromatic heterocycles. The molecule has 0 saturated carbocycles. The summed E-state index contributed by atoms with van der Waals surface area (Å²) >= 11 is 3.68. The zero-order chi connectivity index (χ0) is 35.6. The largest absolute Gasteiger partial charge is 0.333 e. The maximum atomic E-state index is 2.60. The zero-order valence-corrected chi connectivity index (χ0v) is 31.0. The first-order valence-corrected chi connectivity index (χ1v) is 20.2. The van der Waals surface area contributed by atoms with Gasteiger partial charge in [0.15, 0.2) is 0 Å². The molecule has 0 amide bonds. The van der Waals surface area contributed by atoms with Gasteiger partial charge in [0.2, 0.25) is 0 Å². The van der Waals surface area contributed by atoms with E-state index in [0.29, 0.717) is 0 Å². The molecule has 2 nitrogen and oxygen atoms in total. The van der Waals surface area contributed by atoms with Gasteiger partial charge in [0.05, 0.1) is 11.7 Å². The van der Waals surface area contributed by atoms with E-state index in [-0.39, 0.29) is 12.0 Å². The normalized spacial score (nSPS) is 16.1. The van der Waals surface area contributed by atoms with Crippen molar-refractivity contribution in [2.75, 3.05) is 9.80 Å². The molecule has 3 heterocycles. The SMILES string of the molecule is C1=CC2c3c(c4ccccc4c4ccccc34)N(c3ccccc3)C2C=C1N(c1ccc(-c2ccccc2)cc1)c1ccc(-c2cc3sccc3s2)cc1. The second-order valence-electron chi connectivity index (χ2n) is 14.1. The molecular weight excluding hydrogens is 693 g/mol. The highest BCUT2D eigenvalue weighted by molar-refractivity contribution is 7.28. The third-order valence-electron chi connectivity index (χ3n) is 11.1. The number of fused-ring (bicyclic) bond motifs is 9. The zero-order valence-electron chi connectivity index (χ0n) is 29.3. The second-order valence-corrected chi connectivity index (χ2v) is 16.1. The van der Waals surface area contributed by atoms with E-state index in [4.69, 9.17) is 0 Å². The maximum Gasteiger partial charge on any atom is 0.0650 e. The van der Waals surface area contributed by atoms with Gasteiger partial charge < -0.3 is 9.80 Å². The third-order valence-corrected chi connectivity index (χ3v) is 13.2. The van der Waals surface area contributed by atoms with Crippen LogP contribution in [-0.4, -0.2) is 6.04 Å². The number of benzene rings is 7. The van der Waals surface area contributed by atoms with Gasteiger partial charge in [0.1, 0.15) is 0 Å². The molecule has 2 atom stereocenters. The Kier molecular flexibility index (Phi) is 7.39. The van der Waals surface area contributed by atoms with Crippen LogP contribution in [0, 0.1) is 0 Å². The average molecular weight is 727 g/mol. The first-order valence-electron chi connectivity index (χ1n) is 18.5. The summed E-state index contributed by atoms with van der Waals surface area (Å²) in [6, 6.07) is 62.3. The number of hydrogen-bond acceptors (Lipinski definition) is 4. The molecule has 256 valence electrons. The lowest BCUT2D eigenvalue weighted by atomic mass is 9.85. The minimum atomic E-state index is 0.0843. The predicted molar refractivity (Wildman–Crippen MR) is 233 cm³/mol. The lowest BCUT2D eigenvalue weighted by Gasteiger charge is -2.34. The van der Waals surface area contributed by atoms with Gasteiger partial charge in [-0.25, -0.2) is 0 Å². The van der Waals surface area contributed by atoms with E-state index in [0.717, 1.165) is 17.1 Å². The van der Waals surface area contributed by atoms with E-state index in [9.17, 15) is 0 Å². The van der Waals surface area contributed by atoms with Gasteiger partial charge in [0.25, 0.3) is 0 Å². The number of hydrogen-bond donors (Lipinski definition) is 0. The van der Waals surface area contributed by atoms with E-state index in [1.165, 1.54) is 69.5 Å². The Morgan fingerprint density at radius 2 is 1.11 bits per heavy atom. The Morgan fingerprint density at radius 3 is 1.81 bits per heavy atom. The van der Waals surface area contributed by atoms with Crippen LogP contribution in [0.25, 0.3) is 52.5 Å². The Balaban J connectivity index is 1.07. The smallest absolute Gasteiger partial charge is 0.0650 e. The van der Waals surface area contributed by atoms with Crippen molar-refractivity contribution in [1.82, 2.24) is 0 Å². The van der Waals surface area contributed by atoms with Gasteiger partial charge in [0, 0.05) is 48.3 Å². The number of anilines is 4. The number of rotatable bonds is 6. The topological polar surface area (TPSA) is 6.48 Å². The minimum absolute atomic E-state index is 0.0843. The molecule has 1 aliphatic heterocycles. The first-order chi connectivity index (χ1) is 26.8. The lowest BCUT2D eigenvalue weighted by Crippen LogP contribution is -2.31. The summed E-state index contributed by atoms with van der Waals surface area (Å²) in [6.45, 7) is 0. The van der Waals surface area contributed by atoms with Gasteiger partial charge >= 0.3 is 0 Å². The minimum Gasteiger partial charge on any atom is -0.333 e. The molecule has 11 rings (SSSR count). The molecule has 9 aromatic rings. The maximum absolute atomic E-state index is 2.60. The van der Waals surface area contributed by atoms with E-state index >= 15 is 0 Å². The Morgan fingerprint density at radius 1 is 0.519 bits per heavy atom. The summed E-state index contributed by atoms with van der Waals surface area (Å²) in [5, 5.41) is 7.42. The number of thiophene rings is 2. The van der Waals surface area contributed by atoms with Crippen molar-refractivity contribution >= 4 is 76.4 Å². The van der Waals surface area contributed by atoms with E-state index in [1.54, 1.807) is 0 Å². The summed E-state index contributed by atoms with van der Waals surface area (Å²) in [5.41, 5.74) is 11.0. The van der Waals surface area contributed by atoms with Crippen LogP contribution >= 0.6 is 22.7 Å². The van der Waals surface area contributed by atoms with Crippen molar-refractivity contribution in [3.8, 4) is 21.6 Å². The van der Waals surface area contributed by atoms with E-state index < -0.39 is 0 Å². The number of nitrogens with zero attached hydrogens (tertiary/aromatic N) is 2. The predicted octanol–water partition coefficient (Wildman–Crippen LogP) is 14.5. The molecule has 2 unspecified atom stereocenters. The molecule has 0 N–H and O–H groups in total. The standard InChI is InChI=1S/C50H34N2S2/c1-3-11-33(12-4-1)34-19-23-37(24-20-34)51(38-25-21-35(22-26-38)47-32-48-46(54-47)29-30-53-48)39-27-28-44-45(31-39)52(36-13-5-2-6-14-36)50-43-18-10-8-16-41(43)40-15-7-9-17-42(40)49(44)50/h1-32,44-45H. The van der Waals surface area contributed by atoms with Crippen LogP contribution in [0.4, 0.5) is 22.7 Å². The Hall–Kier alpha value is -6.20. The van der Waals surface area contributed by atoms with Crippen molar-refractivity contribution in [3.63, 3.8) is 0 Å². The van der Waals surface area contributed by atoms with Crippen LogP contribution in [0.3, 0.4) is 0 Å². The lowest BCUT2D eigenvalue weighted by molar-refractivity contribution is 0.738. The molecule has 0 spiro atoms. The van der Waals surface area contributed by atoms with Crippen LogP contribution in [0.2, 0.25) is 0 Å². The molecule has 1 aliphatic carbocycles. The summed E-state index contributed by atoms with van der Waals surface area (Å²) < 4.78 is 2.71. The van der Waals surface area contributed by atoms with Crippen molar-refractivity contribution in [1.29, 1.82) is 0 Å². The van der Waals surface area contributed by atoms with E-state index in [1.807, 2.05) is 22.7 Å². The summed E-state index contributed by atoms with van der Waals surface area (Å²) in [7, 11) is 0. The van der Waals surface area contributed by atoms with Gasteiger partial charge in [-0.2, -0.15) is 0 Å². The van der Waals surface area contributed by atoms with Gasteiger partial charge in [-0.3, -0.25) is 0 Å². The fraction of sp³-hybridized carbons (Fsp3) is 0.0400. The molecule has 0 radical (unpaired) electrons. The summed E-state index contributed by atoms with van der Waals surface area (Å²) in [4.78, 5) is 6.34. The molecule has 4 heteroatoms. The number of para-hydroxylation sites is 1. The Bertz CT molecular complexity index is 2850. The van der Waals surface area contributed by atoms with Crippen LogP contribution < -0.4 is 9.80 Å².